The molecule has 1 aromatic heterocycles. The molecule has 108 valence electrons. The van der Waals surface area contributed by atoms with E-state index in [9.17, 15) is 0 Å². The lowest BCUT2D eigenvalue weighted by atomic mass is 9.85. The Hall–Kier alpha value is -1.81. The monoisotopic (exact) mass is 273 g/mol. The molecule has 4 nitrogen and oxygen atoms in total. The Kier molecular flexibility index (Phi) is 3.86. The van der Waals surface area contributed by atoms with Crippen molar-refractivity contribution >= 4 is 0 Å². The van der Waals surface area contributed by atoms with E-state index in [0.717, 1.165) is 22.7 Å². The molecule has 0 spiro atoms. The molecule has 0 amide bonds. The second kappa shape index (κ2) is 5.29. The van der Waals surface area contributed by atoms with Gasteiger partial charge in [-0.2, -0.15) is 5.10 Å². The maximum absolute atomic E-state index is 5.66. The first-order valence-electron chi connectivity index (χ1n) is 6.78. The topological polar surface area (TPSA) is 53.1 Å². The summed E-state index contributed by atoms with van der Waals surface area (Å²) in [6, 6.07) is 8.29. The van der Waals surface area contributed by atoms with Crippen molar-refractivity contribution in [1.82, 2.24) is 9.78 Å². The van der Waals surface area contributed by atoms with Gasteiger partial charge in [-0.1, -0.05) is 20.8 Å². The number of benzene rings is 1. The SMILES string of the molecule is COc1ccc(-c2cc(CN)nn2C)cc1C(C)(C)C. The van der Waals surface area contributed by atoms with Gasteiger partial charge in [-0.3, -0.25) is 4.68 Å². The lowest BCUT2D eigenvalue weighted by molar-refractivity contribution is 0.397. The number of rotatable bonds is 3. The standard InChI is InChI=1S/C16H23N3O/c1-16(2,3)13-8-11(6-7-15(13)20-5)14-9-12(10-17)18-19(14)4/h6-9H,10,17H2,1-5H3. The second-order valence-corrected chi connectivity index (χ2v) is 6.01. The highest BCUT2D eigenvalue weighted by Gasteiger charge is 2.20. The first-order chi connectivity index (χ1) is 9.36. The zero-order valence-electron chi connectivity index (χ0n) is 12.9. The van der Waals surface area contributed by atoms with Crippen LogP contribution in [0, 0.1) is 0 Å². The van der Waals surface area contributed by atoms with Crippen LogP contribution in [0.25, 0.3) is 11.3 Å². The summed E-state index contributed by atoms with van der Waals surface area (Å²) in [7, 11) is 3.65. The molecule has 0 saturated heterocycles. The highest BCUT2D eigenvalue weighted by molar-refractivity contribution is 5.63. The molecular formula is C16H23N3O. The highest BCUT2D eigenvalue weighted by atomic mass is 16.5. The van der Waals surface area contributed by atoms with Gasteiger partial charge in [-0.25, -0.2) is 0 Å². The maximum atomic E-state index is 5.66. The lowest BCUT2D eigenvalue weighted by Gasteiger charge is -2.23. The van der Waals surface area contributed by atoms with Gasteiger partial charge < -0.3 is 10.5 Å². The Labute approximate surface area is 120 Å². The summed E-state index contributed by atoms with van der Waals surface area (Å²) in [5.41, 5.74) is 9.97. The van der Waals surface area contributed by atoms with Crippen LogP contribution in [-0.2, 0) is 19.0 Å². The molecule has 0 fully saturated rings. The summed E-state index contributed by atoms with van der Waals surface area (Å²) in [6.45, 7) is 7.01. The molecule has 1 aromatic carbocycles. The van der Waals surface area contributed by atoms with E-state index < -0.39 is 0 Å². The van der Waals surface area contributed by atoms with Gasteiger partial charge in [0.25, 0.3) is 0 Å². The van der Waals surface area contributed by atoms with Crippen LogP contribution >= 0.6 is 0 Å². The number of aryl methyl sites for hydroxylation is 1. The highest BCUT2D eigenvalue weighted by Crippen LogP contribution is 2.34. The molecule has 2 rings (SSSR count). The Morgan fingerprint density at radius 2 is 1.95 bits per heavy atom. The lowest BCUT2D eigenvalue weighted by Crippen LogP contribution is -2.13. The van der Waals surface area contributed by atoms with Gasteiger partial charge in [-0.05, 0) is 29.7 Å². The normalized spacial score (nSPS) is 11.7. The quantitative estimate of drug-likeness (QED) is 0.935. The molecule has 0 aliphatic heterocycles. The van der Waals surface area contributed by atoms with E-state index in [0.29, 0.717) is 6.54 Å². The molecule has 1 heterocycles. The van der Waals surface area contributed by atoms with Crippen LogP contribution in [0.5, 0.6) is 5.75 Å². The number of nitrogens with zero attached hydrogens (tertiary/aromatic N) is 2. The minimum absolute atomic E-state index is 0.0244. The molecular weight excluding hydrogens is 250 g/mol. The van der Waals surface area contributed by atoms with Gasteiger partial charge >= 0.3 is 0 Å². The molecule has 2 aromatic rings. The summed E-state index contributed by atoms with van der Waals surface area (Å²) >= 11 is 0. The third-order valence-corrected chi connectivity index (χ3v) is 3.44. The molecule has 0 aliphatic rings. The third-order valence-electron chi connectivity index (χ3n) is 3.44. The van der Waals surface area contributed by atoms with Crippen molar-refractivity contribution in [3.63, 3.8) is 0 Å². The summed E-state index contributed by atoms with van der Waals surface area (Å²) in [4.78, 5) is 0. The molecule has 0 bridgehead atoms. The van der Waals surface area contributed by atoms with E-state index in [1.165, 1.54) is 5.56 Å². The van der Waals surface area contributed by atoms with Crippen LogP contribution < -0.4 is 10.5 Å². The Morgan fingerprint density at radius 3 is 2.45 bits per heavy atom. The smallest absolute Gasteiger partial charge is 0.122 e. The molecule has 0 saturated carbocycles. The summed E-state index contributed by atoms with van der Waals surface area (Å²) in [6.07, 6.45) is 0. The number of hydrogen-bond acceptors (Lipinski definition) is 3. The Morgan fingerprint density at radius 1 is 1.25 bits per heavy atom. The fourth-order valence-electron chi connectivity index (χ4n) is 2.35. The van der Waals surface area contributed by atoms with E-state index in [-0.39, 0.29) is 5.41 Å². The molecule has 0 radical (unpaired) electrons. The number of hydrogen-bond donors (Lipinski definition) is 1. The molecule has 0 aliphatic carbocycles. The fourth-order valence-corrected chi connectivity index (χ4v) is 2.35. The van der Waals surface area contributed by atoms with E-state index in [1.54, 1.807) is 7.11 Å². The van der Waals surface area contributed by atoms with Crippen molar-refractivity contribution in [3.8, 4) is 17.0 Å². The van der Waals surface area contributed by atoms with E-state index in [2.05, 4.69) is 38.0 Å². The fraction of sp³-hybridized carbons (Fsp3) is 0.438. The van der Waals surface area contributed by atoms with E-state index in [1.807, 2.05) is 23.9 Å². The third kappa shape index (κ3) is 2.70. The van der Waals surface area contributed by atoms with Gasteiger partial charge in [0, 0.05) is 24.7 Å². The molecule has 2 N–H and O–H groups in total. The van der Waals surface area contributed by atoms with Crippen molar-refractivity contribution < 1.29 is 4.74 Å². The zero-order chi connectivity index (χ0) is 14.9. The molecule has 0 atom stereocenters. The van der Waals surface area contributed by atoms with Gasteiger partial charge in [-0.15, -0.1) is 0 Å². The first-order valence-corrected chi connectivity index (χ1v) is 6.78. The summed E-state index contributed by atoms with van der Waals surface area (Å²) in [5, 5.41) is 4.40. The number of nitrogens with two attached hydrogens (primary N) is 1. The second-order valence-electron chi connectivity index (χ2n) is 6.01. The van der Waals surface area contributed by atoms with Crippen LogP contribution in [-0.4, -0.2) is 16.9 Å². The van der Waals surface area contributed by atoms with Crippen molar-refractivity contribution in [2.24, 2.45) is 12.8 Å². The largest absolute Gasteiger partial charge is 0.496 e. The van der Waals surface area contributed by atoms with Crippen molar-refractivity contribution in [2.75, 3.05) is 7.11 Å². The number of ether oxygens (including phenoxy) is 1. The zero-order valence-corrected chi connectivity index (χ0v) is 12.9. The Balaban J connectivity index is 2.55. The van der Waals surface area contributed by atoms with Crippen molar-refractivity contribution in [1.29, 1.82) is 0 Å². The van der Waals surface area contributed by atoms with Crippen molar-refractivity contribution in [2.45, 2.75) is 32.7 Å². The van der Waals surface area contributed by atoms with Crippen LogP contribution in [0.3, 0.4) is 0 Å². The number of methoxy groups -OCH3 is 1. The van der Waals surface area contributed by atoms with Gasteiger partial charge in [0.05, 0.1) is 18.5 Å². The average molecular weight is 273 g/mol. The number of aromatic nitrogens is 2. The van der Waals surface area contributed by atoms with E-state index in [4.69, 9.17) is 10.5 Å². The average Bonchev–Trinajstić information content (AvgIpc) is 2.78. The van der Waals surface area contributed by atoms with Crippen LogP contribution in [0.4, 0.5) is 0 Å². The first kappa shape index (κ1) is 14.6. The van der Waals surface area contributed by atoms with Gasteiger partial charge in [0.15, 0.2) is 0 Å². The minimum Gasteiger partial charge on any atom is -0.496 e. The summed E-state index contributed by atoms with van der Waals surface area (Å²) < 4.78 is 7.35. The Bertz CT molecular complexity index is 609. The maximum Gasteiger partial charge on any atom is 0.122 e. The van der Waals surface area contributed by atoms with Gasteiger partial charge in [0.1, 0.15) is 5.75 Å². The minimum atomic E-state index is 0.0244. The molecule has 20 heavy (non-hydrogen) atoms. The van der Waals surface area contributed by atoms with Gasteiger partial charge in [0.2, 0.25) is 0 Å². The van der Waals surface area contributed by atoms with Crippen LogP contribution in [0.15, 0.2) is 24.3 Å². The molecule has 0 unspecified atom stereocenters. The predicted molar refractivity (Wildman–Crippen MR) is 81.8 cm³/mol. The van der Waals surface area contributed by atoms with Crippen LogP contribution in [0.1, 0.15) is 32.0 Å². The molecule has 4 heteroatoms. The predicted octanol–water partition coefficient (Wildman–Crippen LogP) is 2.85. The van der Waals surface area contributed by atoms with Crippen LogP contribution in [0.2, 0.25) is 0 Å². The summed E-state index contributed by atoms with van der Waals surface area (Å²) in [5.74, 6) is 0.919. The van der Waals surface area contributed by atoms with Crippen molar-refractivity contribution in [3.05, 3.63) is 35.5 Å². The van der Waals surface area contributed by atoms with E-state index >= 15 is 0 Å².